The number of carbonyl (C=O) groups excluding carboxylic acids is 1. The second-order valence-electron chi connectivity index (χ2n) is 2.94. The molecule has 13 heavy (non-hydrogen) atoms. The average Bonchev–Trinajstić information content (AvgIpc) is 2.54. The summed E-state index contributed by atoms with van der Waals surface area (Å²) in [5, 5.41) is 1.89. The van der Waals surface area contributed by atoms with Gasteiger partial charge in [0, 0.05) is 22.9 Å². The van der Waals surface area contributed by atoms with Crippen LogP contribution < -0.4 is 0 Å². The van der Waals surface area contributed by atoms with Crippen LogP contribution in [-0.4, -0.2) is 19.0 Å². The van der Waals surface area contributed by atoms with Gasteiger partial charge >= 0.3 is 0 Å². The van der Waals surface area contributed by atoms with Gasteiger partial charge in [0.2, 0.25) is 0 Å². The molecule has 2 nitrogen and oxygen atoms in total. The molecule has 0 N–H and O–H groups in total. The van der Waals surface area contributed by atoms with Crippen LogP contribution in [-0.2, 0) is 4.74 Å². The normalized spacial score (nSPS) is 12.8. The van der Waals surface area contributed by atoms with Crippen LogP contribution in [0.4, 0.5) is 0 Å². The van der Waals surface area contributed by atoms with Crippen molar-refractivity contribution in [3.05, 3.63) is 21.9 Å². The van der Waals surface area contributed by atoms with E-state index < -0.39 is 0 Å². The van der Waals surface area contributed by atoms with Gasteiger partial charge in [0.15, 0.2) is 5.78 Å². The third-order valence-corrected chi connectivity index (χ3v) is 2.82. The number of ether oxygens (including phenoxy) is 1. The second kappa shape index (κ2) is 4.53. The Balaban J connectivity index is 2.78. The van der Waals surface area contributed by atoms with Crippen molar-refractivity contribution in [1.82, 2.24) is 0 Å². The lowest BCUT2D eigenvalue weighted by Gasteiger charge is -2.09. The Morgan fingerprint density at radius 3 is 2.77 bits per heavy atom. The Morgan fingerprint density at radius 1 is 1.69 bits per heavy atom. The van der Waals surface area contributed by atoms with Crippen LogP contribution in [0.15, 0.2) is 11.4 Å². The van der Waals surface area contributed by atoms with Crippen LogP contribution in [0.5, 0.6) is 0 Å². The molecule has 1 aromatic heterocycles. The van der Waals surface area contributed by atoms with Gasteiger partial charge in [-0.15, -0.1) is 11.3 Å². The van der Waals surface area contributed by atoms with E-state index in [4.69, 9.17) is 4.74 Å². The molecule has 0 radical (unpaired) electrons. The molecule has 3 heteroatoms. The Labute approximate surface area is 82.5 Å². The fourth-order valence-corrected chi connectivity index (χ4v) is 1.91. The summed E-state index contributed by atoms with van der Waals surface area (Å²) < 4.78 is 5.08. The monoisotopic (exact) mass is 198 g/mol. The minimum atomic E-state index is -0.283. The minimum Gasteiger partial charge on any atom is -0.373 e. The van der Waals surface area contributed by atoms with E-state index in [0.29, 0.717) is 0 Å². The van der Waals surface area contributed by atoms with E-state index in [-0.39, 0.29) is 11.9 Å². The van der Waals surface area contributed by atoms with Gasteiger partial charge < -0.3 is 4.74 Å². The molecule has 0 fully saturated rings. The van der Waals surface area contributed by atoms with Crippen LogP contribution >= 0.6 is 11.3 Å². The van der Waals surface area contributed by atoms with Crippen molar-refractivity contribution in [1.29, 1.82) is 0 Å². The predicted molar refractivity (Wildman–Crippen MR) is 54.5 cm³/mol. The Bertz CT molecular complexity index is 287. The van der Waals surface area contributed by atoms with Crippen LogP contribution in [0.1, 0.15) is 28.6 Å². The van der Waals surface area contributed by atoms with Crippen molar-refractivity contribution in [2.24, 2.45) is 0 Å². The number of carbonyl (C=O) groups is 1. The summed E-state index contributed by atoms with van der Waals surface area (Å²) in [7, 11) is 1.57. The first-order chi connectivity index (χ1) is 6.19. The zero-order chi connectivity index (χ0) is 9.84. The van der Waals surface area contributed by atoms with Crippen LogP contribution in [0.25, 0.3) is 0 Å². The van der Waals surface area contributed by atoms with Crippen molar-refractivity contribution in [2.75, 3.05) is 7.11 Å². The molecule has 72 valence electrons. The average molecular weight is 198 g/mol. The molecule has 1 aromatic rings. The molecule has 0 aliphatic heterocycles. The number of rotatable bonds is 4. The maximum atomic E-state index is 11.7. The second-order valence-corrected chi connectivity index (χ2v) is 4.06. The Kier molecular flexibility index (Phi) is 3.63. The standard InChI is InChI=1S/C10H14O2S/c1-4-9(12-3)10(11)8-5-7(2)13-6-8/h5-6,9H,4H2,1-3H3. The number of hydrogen-bond acceptors (Lipinski definition) is 3. The van der Waals surface area contributed by atoms with Crippen molar-refractivity contribution in [3.63, 3.8) is 0 Å². The quantitative estimate of drug-likeness (QED) is 0.695. The molecular formula is C10H14O2S. The smallest absolute Gasteiger partial charge is 0.192 e. The Hall–Kier alpha value is -0.670. The van der Waals surface area contributed by atoms with Gasteiger partial charge in [-0.05, 0) is 19.4 Å². The molecule has 1 atom stereocenters. The number of ketones is 1. The fourth-order valence-electron chi connectivity index (χ4n) is 1.22. The lowest BCUT2D eigenvalue weighted by atomic mass is 10.1. The molecule has 0 saturated heterocycles. The maximum Gasteiger partial charge on any atom is 0.192 e. The van der Waals surface area contributed by atoms with Crippen molar-refractivity contribution < 1.29 is 9.53 Å². The van der Waals surface area contributed by atoms with Crippen molar-refractivity contribution in [2.45, 2.75) is 26.4 Å². The lowest BCUT2D eigenvalue weighted by molar-refractivity contribution is 0.0596. The summed E-state index contributed by atoms with van der Waals surface area (Å²) >= 11 is 1.59. The van der Waals surface area contributed by atoms with Crippen molar-refractivity contribution >= 4 is 17.1 Å². The molecule has 0 spiro atoms. The van der Waals surface area contributed by atoms with E-state index in [0.717, 1.165) is 16.9 Å². The molecule has 1 rings (SSSR count). The molecule has 1 heterocycles. The molecule has 0 bridgehead atoms. The summed E-state index contributed by atoms with van der Waals surface area (Å²) in [6.45, 7) is 3.94. The summed E-state index contributed by atoms with van der Waals surface area (Å²) in [6, 6.07) is 1.91. The van der Waals surface area contributed by atoms with Gasteiger partial charge in [-0.1, -0.05) is 6.92 Å². The SMILES string of the molecule is CCC(OC)C(=O)c1csc(C)c1. The summed E-state index contributed by atoms with van der Waals surface area (Å²) in [4.78, 5) is 12.9. The predicted octanol–water partition coefficient (Wildman–Crippen LogP) is 2.66. The third-order valence-electron chi connectivity index (χ3n) is 1.96. The first-order valence-corrected chi connectivity index (χ1v) is 5.19. The molecule has 0 aliphatic rings. The van der Waals surface area contributed by atoms with Gasteiger partial charge in [0.25, 0.3) is 0 Å². The fraction of sp³-hybridized carbons (Fsp3) is 0.500. The van der Waals surface area contributed by atoms with Crippen LogP contribution in [0.2, 0.25) is 0 Å². The molecule has 0 aliphatic carbocycles. The first kappa shape index (κ1) is 10.4. The number of thiophene rings is 1. The largest absolute Gasteiger partial charge is 0.373 e. The highest BCUT2D eigenvalue weighted by molar-refractivity contribution is 7.10. The highest BCUT2D eigenvalue weighted by atomic mass is 32.1. The summed E-state index contributed by atoms with van der Waals surface area (Å²) in [6.07, 6.45) is 0.443. The van der Waals surface area contributed by atoms with Crippen LogP contribution in [0.3, 0.4) is 0 Å². The van der Waals surface area contributed by atoms with Gasteiger partial charge in [-0.25, -0.2) is 0 Å². The molecule has 0 amide bonds. The molecule has 0 saturated carbocycles. The van der Waals surface area contributed by atoms with E-state index >= 15 is 0 Å². The van der Waals surface area contributed by atoms with Gasteiger partial charge in [0.05, 0.1) is 0 Å². The van der Waals surface area contributed by atoms with E-state index in [1.165, 1.54) is 0 Å². The number of hydrogen-bond donors (Lipinski definition) is 0. The van der Waals surface area contributed by atoms with E-state index in [2.05, 4.69) is 0 Å². The third kappa shape index (κ3) is 2.39. The highest BCUT2D eigenvalue weighted by Gasteiger charge is 2.17. The first-order valence-electron chi connectivity index (χ1n) is 4.31. The lowest BCUT2D eigenvalue weighted by Crippen LogP contribution is -2.21. The highest BCUT2D eigenvalue weighted by Crippen LogP contribution is 2.16. The molecule has 0 aromatic carbocycles. The van der Waals surface area contributed by atoms with E-state index in [1.807, 2.05) is 25.3 Å². The number of methoxy groups -OCH3 is 1. The topological polar surface area (TPSA) is 26.3 Å². The Morgan fingerprint density at radius 2 is 2.38 bits per heavy atom. The zero-order valence-electron chi connectivity index (χ0n) is 8.16. The van der Waals surface area contributed by atoms with Crippen molar-refractivity contribution in [3.8, 4) is 0 Å². The van der Waals surface area contributed by atoms with E-state index in [1.54, 1.807) is 18.4 Å². The number of Topliss-reactive ketones (excluding diaryl/α,β-unsaturated/α-hetero) is 1. The van der Waals surface area contributed by atoms with Crippen LogP contribution in [0, 0.1) is 6.92 Å². The van der Waals surface area contributed by atoms with Gasteiger partial charge in [-0.2, -0.15) is 0 Å². The van der Waals surface area contributed by atoms with Gasteiger partial charge in [-0.3, -0.25) is 4.79 Å². The maximum absolute atomic E-state index is 11.7. The molecular weight excluding hydrogens is 184 g/mol. The molecule has 1 unspecified atom stereocenters. The summed E-state index contributed by atoms with van der Waals surface area (Å²) in [5.74, 6) is 0.0920. The van der Waals surface area contributed by atoms with Gasteiger partial charge in [0.1, 0.15) is 6.10 Å². The summed E-state index contributed by atoms with van der Waals surface area (Å²) in [5.41, 5.74) is 0.774. The minimum absolute atomic E-state index is 0.0920. The van der Waals surface area contributed by atoms with E-state index in [9.17, 15) is 4.79 Å². The number of aryl methyl sites for hydroxylation is 1. The zero-order valence-corrected chi connectivity index (χ0v) is 8.98.